The highest BCUT2D eigenvalue weighted by Gasteiger charge is 2.36. The van der Waals surface area contributed by atoms with Crippen molar-refractivity contribution in [3.8, 4) is 22.3 Å². The molecule has 2 amide bonds. The number of rotatable bonds is 3. The first-order valence-electron chi connectivity index (χ1n) is 12.1. The fourth-order valence-corrected chi connectivity index (χ4v) is 5.00. The number of amides is 2. The molecule has 3 aromatic rings. The normalized spacial score (nSPS) is 15.8. The van der Waals surface area contributed by atoms with Crippen molar-refractivity contribution in [1.82, 2.24) is 15.2 Å². The first-order chi connectivity index (χ1) is 18.0. The van der Waals surface area contributed by atoms with E-state index < -0.39 is 17.7 Å². The van der Waals surface area contributed by atoms with Gasteiger partial charge < -0.3 is 20.9 Å². The Balaban J connectivity index is 1.54. The molecule has 1 saturated heterocycles. The largest absolute Gasteiger partial charge is 0.418 e. The van der Waals surface area contributed by atoms with Crippen LogP contribution in [-0.4, -0.2) is 54.4 Å². The summed E-state index contributed by atoms with van der Waals surface area (Å²) in [5, 5.41) is 2.76. The number of nitrogens with zero attached hydrogens (tertiary/aromatic N) is 3. The van der Waals surface area contributed by atoms with Crippen LogP contribution in [0.15, 0.2) is 42.5 Å². The summed E-state index contributed by atoms with van der Waals surface area (Å²) >= 11 is 0. The molecule has 38 heavy (non-hydrogen) atoms. The SMILES string of the molecule is CC(=O)N1CCN(c2ccc(-c3cc(-c4ccc5c(c4)CCNC5=O)c(N)nc3F)cc2C(F)(F)F)CC1. The number of nitrogens with one attached hydrogen (secondary N) is 1. The minimum absolute atomic E-state index is 0.00651. The molecule has 1 fully saturated rings. The lowest BCUT2D eigenvalue weighted by Crippen LogP contribution is -2.48. The average molecular weight is 528 g/mol. The van der Waals surface area contributed by atoms with Gasteiger partial charge in [-0.1, -0.05) is 18.2 Å². The minimum atomic E-state index is -4.69. The van der Waals surface area contributed by atoms with Gasteiger partial charge >= 0.3 is 6.18 Å². The third-order valence-electron chi connectivity index (χ3n) is 7.02. The second kappa shape index (κ2) is 9.62. The summed E-state index contributed by atoms with van der Waals surface area (Å²) in [4.78, 5) is 30.6. The summed E-state index contributed by atoms with van der Waals surface area (Å²) in [5.41, 5.74) is 7.24. The number of hydrogen-bond acceptors (Lipinski definition) is 5. The van der Waals surface area contributed by atoms with Gasteiger partial charge in [0.1, 0.15) is 5.82 Å². The van der Waals surface area contributed by atoms with Crippen LogP contribution in [0, 0.1) is 5.95 Å². The molecular formula is C27H25F4N5O2. The number of aromatic nitrogens is 1. The lowest BCUT2D eigenvalue weighted by atomic mass is 9.93. The molecular weight excluding hydrogens is 502 g/mol. The molecule has 0 unspecified atom stereocenters. The second-order valence-corrected chi connectivity index (χ2v) is 9.36. The second-order valence-electron chi connectivity index (χ2n) is 9.36. The summed E-state index contributed by atoms with van der Waals surface area (Å²) in [6.45, 7) is 3.04. The Morgan fingerprint density at radius 2 is 1.66 bits per heavy atom. The van der Waals surface area contributed by atoms with E-state index in [4.69, 9.17) is 5.73 Å². The summed E-state index contributed by atoms with van der Waals surface area (Å²) in [7, 11) is 0. The van der Waals surface area contributed by atoms with Crippen LogP contribution in [0.1, 0.15) is 28.4 Å². The smallest absolute Gasteiger partial charge is 0.383 e. The zero-order chi connectivity index (χ0) is 27.2. The molecule has 0 aliphatic carbocycles. The minimum Gasteiger partial charge on any atom is -0.383 e. The van der Waals surface area contributed by atoms with Crippen LogP contribution in [0.5, 0.6) is 0 Å². The topological polar surface area (TPSA) is 91.6 Å². The molecule has 0 radical (unpaired) electrons. The molecule has 0 bridgehead atoms. The molecule has 0 saturated carbocycles. The van der Waals surface area contributed by atoms with Crippen LogP contribution in [0.3, 0.4) is 0 Å². The molecule has 0 spiro atoms. The van der Waals surface area contributed by atoms with Crippen molar-refractivity contribution in [3.05, 3.63) is 65.1 Å². The van der Waals surface area contributed by atoms with Gasteiger partial charge in [-0.3, -0.25) is 9.59 Å². The van der Waals surface area contributed by atoms with Gasteiger partial charge in [0.05, 0.1) is 5.56 Å². The molecule has 3 N–H and O–H groups in total. The summed E-state index contributed by atoms with van der Waals surface area (Å²) in [6, 6.07) is 10.1. The number of halogens is 4. The Morgan fingerprint density at radius 1 is 0.974 bits per heavy atom. The monoisotopic (exact) mass is 527 g/mol. The maximum absolute atomic E-state index is 15.0. The Hall–Kier alpha value is -4.15. The predicted octanol–water partition coefficient (Wildman–Crippen LogP) is 4.11. The zero-order valence-electron chi connectivity index (χ0n) is 20.5. The molecule has 2 aromatic carbocycles. The number of carbonyl (C=O) groups excluding carboxylic acids is 2. The lowest BCUT2D eigenvalue weighted by Gasteiger charge is -2.36. The van der Waals surface area contributed by atoms with Crippen molar-refractivity contribution >= 4 is 23.3 Å². The molecule has 198 valence electrons. The van der Waals surface area contributed by atoms with E-state index >= 15 is 0 Å². The molecule has 11 heteroatoms. The van der Waals surface area contributed by atoms with Crippen molar-refractivity contribution in [2.75, 3.05) is 43.4 Å². The van der Waals surface area contributed by atoms with Crippen molar-refractivity contribution in [3.63, 3.8) is 0 Å². The van der Waals surface area contributed by atoms with Gasteiger partial charge in [-0.15, -0.1) is 0 Å². The predicted molar refractivity (Wildman–Crippen MR) is 135 cm³/mol. The average Bonchev–Trinajstić information content (AvgIpc) is 2.88. The molecule has 3 heterocycles. The van der Waals surface area contributed by atoms with E-state index in [1.54, 1.807) is 28.0 Å². The number of nitrogens with two attached hydrogens (primary N) is 1. The highest BCUT2D eigenvalue weighted by atomic mass is 19.4. The van der Waals surface area contributed by atoms with E-state index in [9.17, 15) is 27.2 Å². The zero-order valence-corrected chi connectivity index (χ0v) is 20.5. The van der Waals surface area contributed by atoms with Crippen molar-refractivity contribution in [2.45, 2.75) is 19.5 Å². The van der Waals surface area contributed by atoms with Gasteiger partial charge in [-0.25, -0.2) is 4.98 Å². The summed E-state index contributed by atoms with van der Waals surface area (Å²) < 4.78 is 57.4. The number of fused-ring (bicyclic) bond motifs is 1. The van der Waals surface area contributed by atoms with E-state index in [0.29, 0.717) is 42.7 Å². The van der Waals surface area contributed by atoms with E-state index in [1.165, 1.54) is 25.1 Å². The number of nitrogen functional groups attached to an aromatic ring is 1. The van der Waals surface area contributed by atoms with Crippen LogP contribution >= 0.6 is 0 Å². The number of benzene rings is 2. The lowest BCUT2D eigenvalue weighted by molar-refractivity contribution is -0.137. The van der Waals surface area contributed by atoms with Crippen LogP contribution in [0.25, 0.3) is 22.3 Å². The van der Waals surface area contributed by atoms with Gasteiger partial charge in [-0.05, 0) is 47.4 Å². The van der Waals surface area contributed by atoms with Gasteiger partial charge in [0, 0.05) is 62.0 Å². The van der Waals surface area contributed by atoms with Crippen LogP contribution in [0.4, 0.5) is 29.1 Å². The van der Waals surface area contributed by atoms with Crippen LogP contribution < -0.4 is 16.0 Å². The number of hydrogen-bond donors (Lipinski definition) is 2. The van der Waals surface area contributed by atoms with E-state index in [2.05, 4.69) is 10.3 Å². The molecule has 2 aliphatic heterocycles. The first-order valence-corrected chi connectivity index (χ1v) is 12.1. The Kier molecular flexibility index (Phi) is 6.46. The summed E-state index contributed by atoms with van der Waals surface area (Å²) in [5.74, 6) is -1.41. The summed E-state index contributed by atoms with van der Waals surface area (Å²) in [6.07, 6.45) is -4.09. The highest BCUT2D eigenvalue weighted by Crippen LogP contribution is 2.41. The third-order valence-corrected chi connectivity index (χ3v) is 7.02. The molecule has 5 rings (SSSR count). The fourth-order valence-electron chi connectivity index (χ4n) is 5.00. The highest BCUT2D eigenvalue weighted by molar-refractivity contribution is 5.97. The molecule has 7 nitrogen and oxygen atoms in total. The van der Waals surface area contributed by atoms with Crippen LogP contribution in [0.2, 0.25) is 0 Å². The third kappa shape index (κ3) is 4.75. The number of piperazine rings is 1. The number of alkyl halides is 3. The number of anilines is 2. The number of pyridine rings is 1. The van der Waals surface area contributed by atoms with Crippen LogP contribution in [-0.2, 0) is 17.4 Å². The molecule has 0 atom stereocenters. The van der Waals surface area contributed by atoms with Crippen molar-refractivity contribution < 1.29 is 27.2 Å². The van der Waals surface area contributed by atoms with Gasteiger partial charge in [-0.2, -0.15) is 17.6 Å². The maximum atomic E-state index is 15.0. The maximum Gasteiger partial charge on any atom is 0.418 e. The van der Waals surface area contributed by atoms with E-state index in [-0.39, 0.29) is 47.5 Å². The van der Waals surface area contributed by atoms with Crippen molar-refractivity contribution in [2.24, 2.45) is 0 Å². The Morgan fingerprint density at radius 3 is 2.34 bits per heavy atom. The number of carbonyl (C=O) groups is 2. The van der Waals surface area contributed by atoms with Gasteiger partial charge in [0.25, 0.3) is 5.91 Å². The Labute approximate surface area is 216 Å². The standard InChI is InChI=1S/C27H25F4N5O2/c1-15(37)35-8-10-36(11-9-35)23-5-3-17(13-22(23)27(29,30)31)20-14-21(25(32)34-24(20)28)16-2-4-19-18(12-16)6-7-33-26(19)38/h2-5,12-14H,6-11H2,1H3,(H2,32,34)(H,33,38). The van der Waals surface area contributed by atoms with Gasteiger partial charge in [0.2, 0.25) is 11.9 Å². The molecule has 2 aliphatic rings. The van der Waals surface area contributed by atoms with Gasteiger partial charge in [0.15, 0.2) is 0 Å². The first kappa shape index (κ1) is 25.5. The van der Waals surface area contributed by atoms with Crippen molar-refractivity contribution in [1.29, 1.82) is 0 Å². The quantitative estimate of drug-likeness (QED) is 0.395. The van der Waals surface area contributed by atoms with E-state index in [0.717, 1.165) is 11.6 Å². The fraction of sp³-hybridized carbons (Fsp3) is 0.296. The van der Waals surface area contributed by atoms with E-state index in [1.807, 2.05) is 0 Å². The molecule has 1 aromatic heterocycles. The Bertz CT molecular complexity index is 1430.